The number of hydrogen-bond acceptors (Lipinski definition) is 4. The van der Waals surface area contributed by atoms with Crippen LogP contribution in [0, 0.1) is 18.2 Å². The number of hydrogen-bond donors (Lipinski definition) is 0. The van der Waals surface area contributed by atoms with Crippen LogP contribution >= 0.6 is 0 Å². The Bertz CT molecular complexity index is 1080. The van der Waals surface area contributed by atoms with Crippen LogP contribution in [0.4, 0.5) is 4.39 Å². The molecule has 0 atom stereocenters. The smallest absolute Gasteiger partial charge is 0.159 e. The molecule has 1 aromatic heterocycles. The van der Waals surface area contributed by atoms with Gasteiger partial charge in [-0.05, 0) is 31.2 Å². The van der Waals surface area contributed by atoms with E-state index in [1.807, 2.05) is 34.9 Å². The van der Waals surface area contributed by atoms with Crippen LogP contribution in [0.2, 0.25) is 0 Å². The fourth-order valence-electron chi connectivity index (χ4n) is 3.67. The molecule has 0 bridgehead atoms. The van der Waals surface area contributed by atoms with Gasteiger partial charge in [0.25, 0.3) is 0 Å². The van der Waals surface area contributed by atoms with Gasteiger partial charge in [0.1, 0.15) is 12.4 Å². The highest BCUT2D eigenvalue weighted by Gasteiger charge is 2.24. The summed E-state index contributed by atoms with van der Waals surface area (Å²) in [5.74, 6) is 3.92. The molecule has 29 heavy (non-hydrogen) atoms. The minimum Gasteiger partial charge on any atom is -0.285 e. The van der Waals surface area contributed by atoms with Gasteiger partial charge >= 0.3 is 0 Å². The molecule has 0 saturated carbocycles. The zero-order chi connectivity index (χ0) is 20.2. The third kappa shape index (κ3) is 3.82. The molecule has 0 amide bonds. The van der Waals surface area contributed by atoms with E-state index in [4.69, 9.17) is 11.4 Å². The lowest BCUT2D eigenvalue weighted by Crippen LogP contribution is -2.26. The average Bonchev–Trinajstić information content (AvgIpc) is 3.04. The van der Waals surface area contributed by atoms with Crippen molar-refractivity contribution in [1.29, 1.82) is 0 Å². The van der Waals surface area contributed by atoms with Crippen molar-refractivity contribution in [2.45, 2.75) is 26.4 Å². The minimum absolute atomic E-state index is 0.301. The predicted octanol–water partition coefficient (Wildman–Crippen LogP) is 3.60. The topological polar surface area (TPSA) is 46.3 Å². The number of halogens is 1. The number of fused-ring (bicyclic) bond motifs is 3. The van der Waals surface area contributed by atoms with Gasteiger partial charge < -0.3 is 0 Å². The molecule has 0 unspecified atom stereocenters. The molecular weight excluding hydrogens is 365 g/mol. The third-order valence-corrected chi connectivity index (χ3v) is 4.90. The van der Waals surface area contributed by atoms with Crippen LogP contribution in [0.5, 0.6) is 0 Å². The Labute approximate surface area is 169 Å². The summed E-state index contributed by atoms with van der Waals surface area (Å²) in [6.07, 6.45) is 6.52. The Morgan fingerprint density at radius 2 is 2.00 bits per heavy atom. The molecular formula is C23H22FN5. The predicted molar refractivity (Wildman–Crippen MR) is 112 cm³/mol. The van der Waals surface area contributed by atoms with E-state index in [0.29, 0.717) is 19.6 Å². The Morgan fingerprint density at radius 3 is 2.76 bits per heavy atom. The highest BCUT2D eigenvalue weighted by atomic mass is 19.1. The van der Waals surface area contributed by atoms with Gasteiger partial charge in [-0.25, -0.2) is 4.39 Å². The lowest BCUT2D eigenvalue weighted by molar-refractivity contribution is 0.290. The van der Waals surface area contributed by atoms with Crippen LogP contribution in [0.1, 0.15) is 36.1 Å². The number of aromatic nitrogens is 3. The molecule has 4 rings (SSSR count). The Hall–Kier alpha value is -3.30. The quantitative estimate of drug-likeness (QED) is 0.607. The zero-order valence-corrected chi connectivity index (χ0v) is 16.3. The summed E-state index contributed by atoms with van der Waals surface area (Å²) >= 11 is 0. The molecule has 2 aromatic carbocycles. The van der Waals surface area contributed by atoms with Gasteiger partial charge in [-0.3, -0.25) is 14.5 Å². The van der Waals surface area contributed by atoms with Crippen LogP contribution in [0.3, 0.4) is 0 Å². The van der Waals surface area contributed by atoms with Gasteiger partial charge in [0.2, 0.25) is 0 Å². The molecule has 0 fully saturated rings. The van der Waals surface area contributed by atoms with E-state index in [9.17, 15) is 4.39 Å². The summed E-state index contributed by atoms with van der Waals surface area (Å²) < 4.78 is 16.2. The second-order valence-corrected chi connectivity index (χ2v) is 6.97. The van der Waals surface area contributed by atoms with E-state index in [1.165, 1.54) is 12.1 Å². The van der Waals surface area contributed by atoms with E-state index in [2.05, 4.69) is 27.9 Å². The van der Waals surface area contributed by atoms with E-state index in [1.54, 1.807) is 6.07 Å². The van der Waals surface area contributed by atoms with Gasteiger partial charge in [-0.1, -0.05) is 43.2 Å². The van der Waals surface area contributed by atoms with Crippen LogP contribution < -0.4 is 0 Å². The standard InChI is InChI=1S/C23H22FN5/c1-3-12-28(13-4-2)16-22-27-26-21-15-25-23(17-8-6-5-7-9-17)19-14-18(24)10-11-20(19)29(21)22/h1,5-11,14H,4,12-13,15-16H2,2H3. The van der Waals surface area contributed by atoms with Gasteiger partial charge in [0.15, 0.2) is 11.6 Å². The summed E-state index contributed by atoms with van der Waals surface area (Å²) in [4.78, 5) is 6.92. The van der Waals surface area contributed by atoms with Crippen molar-refractivity contribution in [2.75, 3.05) is 13.1 Å². The van der Waals surface area contributed by atoms with Crippen molar-refractivity contribution in [1.82, 2.24) is 19.7 Å². The molecule has 5 nitrogen and oxygen atoms in total. The Morgan fingerprint density at radius 1 is 1.17 bits per heavy atom. The van der Waals surface area contributed by atoms with Gasteiger partial charge in [-0.15, -0.1) is 16.6 Å². The fourth-order valence-corrected chi connectivity index (χ4v) is 3.67. The number of aliphatic imine (C=N–C) groups is 1. The number of rotatable bonds is 6. The second kappa shape index (κ2) is 8.38. The molecule has 2 heterocycles. The molecule has 6 heteroatoms. The Balaban J connectivity index is 1.82. The first kappa shape index (κ1) is 19.0. The van der Waals surface area contributed by atoms with Crippen molar-refractivity contribution < 1.29 is 4.39 Å². The monoisotopic (exact) mass is 387 g/mol. The van der Waals surface area contributed by atoms with Crippen LogP contribution in [0.15, 0.2) is 53.5 Å². The van der Waals surface area contributed by atoms with Gasteiger partial charge in [-0.2, -0.15) is 0 Å². The highest BCUT2D eigenvalue weighted by Crippen LogP contribution is 2.27. The maximum Gasteiger partial charge on any atom is 0.159 e. The average molecular weight is 387 g/mol. The summed E-state index contributed by atoms with van der Waals surface area (Å²) in [7, 11) is 0. The lowest BCUT2D eigenvalue weighted by atomic mass is 10.0. The lowest BCUT2D eigenvalue weighted by Gasteiger charge is -2.20. The largest absolute Gasteiger partial charge is 0.285 e. The maximum atomic E-state index is 14.2. The summed E-state index contributed by atoms with van der Waals surface area (Å²) in [5.41, 5.74) is 3.26. The molecule has 0 aliphatic carbocycles. The molecule has 3 aromatic rings. The maximum absolute atomic E-state index is 14.2. The fraction of sp³-hybridized carbons (Fsp3) is 0.261. The second-order valence-electron chi connectivity index (χ2n) is 6.97. The van der Waals surface area contributed by atoms with E-state index in [0.717, 1.165) is 47.1 Å². The van der Waals surface area contributed by atoms with Crippen molar-refractivity contribution in [3.63, 3.8) is 0 Å². The van der Waals surface area contributed by atoms with Gasteiger partial charge in [0.05, 0.1) is 24.5 Å². The van der Waals surface area contributed by atoms with E-state index in [-0.39, 0.29) is 5.82 Å². The van der Waals surface area contributed by atoms with Gasteiger partial charge in [0, 0.05) is 11.1 Å². The van der Waals surface area contributed by atoms with Crippen molar-refractivity contribution in [3.8, 4) is 18.0 Å². The molecule has 0 N–H and O–H groups in total. The van der Waals surface area contributed by atoms with Crippen molar-refractivity contribution >= 4 is 5.71 Å². The SMILES string of the molecule is C#CCN(CCC)Cc1nnc2n1-c1ccc(F)cc1C(c1ccccc1)=NC2. The van der Waals surface area contributed by atoms with Crippen molar-refractivity contribution in [2.24, 2.45) is 4.99 Å². The molecule has 146 valence electrons. The van der Waals surface area contributed by atoms with Crippen LogP contribution in [-0.4, -0.2) is 38.5 Å². The molecule has 0 radical (unpaired) electrons. The first-order chi connectivity index (χ1) is 14.2. The molecule has 1 aliphatic heterocycles. The highest BCUT2D eigenvalue weighted by molar-refractivity contribution is 6.15. The minimum atomic E-state index is -0.301. The molecule has 0 spiro atoms. The number of terminal acetylenes is 1. The normalized spacial score (nSPS) is 12.7. The summed E-state index contributed by atoms with van der Waals surface area (Å²) in [5, 5.41) is 8.78. The summed E-state index contributed by atoms with van der Waals surface area (Å²) in [6.45, 7) is 4.47. The van der Waals surface area contributed by atoms with Crippen LogP contribution in [0.25, 0.3) is 5.69 Å². The number of nitrogens with zero attached hydrogens (tertiary/aromatic N) is 5. The molecule has 1 aliphatic rings. The first-order valence-corrected chi connectivity index (χ1v) is 9.70. The summed E-state index contributed by atoms with van der Waals surface area (Å²) in [6, 6.07) is 14.6. The first-order valence-electron chi connectivity index (χ1n) is 9.70. The van der Waals surface area contributed by atoms with Crippen LogP contribution in [-0.2, 0) is 13.1 Å². The Kier molecular flexibility index (Phi) is 5.50. The zero-order valence-electron chi connectivity index (χ0n) is 16.3. The van der Waals surface area contributed by atoms with E-state index < -0.39 is 0 Å². The van der Waals surface area contributed by atoms with Crippen molar-refractivity contribution in [3.05, 3.63) is 77.1 Å². The number of benzene rings is 2. The third-order valence-electron chi connectivity index (χ3n) is 4.90. The van der Waals surface area contributed by atoms with E-state index >= 15 is 0 Å². The molecule has 0 saturated heterocycles.